The number of benzene rings is 1. The van der Waals surface area contributed by atoms with Crippen molar-refractivity contribution in [3.8, 4) is 0 Å². The van der Waals surface area contributed by atoms with Crippen LogP contribution in [0.4, 0.5) is 13.2 Å². The van der Waals surface area contributed by atoms with Crippen molar-refractivity contribution in [3.05, 3.63) is 47.0 Å². The van der Waals surface area contributed by atoms with Crippen molar-refractivity contribution in [1.29, 1.82) is 0 Å². The number of rotatable bonds is 4. The number of carbonyl (C=O) groups excluding carboxylic acids is 1. The number of alkyl halides is 3. The van der Waals surface area contributed by atoms with Crippen LogP contribution >= 0.6 is 0 Å². The molecule has 0 aromatic heterocycles. The standard InChI is InChI=1S/C21H27F3N2O/c1-15(2)9-11-25-12-10-19-17(14-25)5-8-20(27)26(19)13-16-3-6-18(7-4-16)21(22,23)24/h3-4,6-7,9,17,19H,5,8,10-14H2,1-2H3/t17-,19+/m0/s1. The first-order valence-electron chi connectivity index (χ1n) is 9.55. The number of allylic oxidation sites excluding steroid dienone is 1. The number of fused-ring (bicyclic) bond motifs is 1. The molecule has 0 spiro atoms. The molecular weight excluding hydrogens is 353 g/mol. The fourth-order valence-corrected chi connectivity index (χ4v) is 4.11. The lowest BCUT2D eigenvalue weighted by Crippen LogP contribution is -2.55. The van der Waals surface area contributed by atoms with Gasteiger partial charge in [0.1, 0.15) is 0 Å². The number of hydrogen-bond acceptors (Lipinski definition) is 2. The van der Waals surface area contributed by atoms with E-state index in [9.17, 15) is 18.0 Å². The van der Waals surface area contributed by atoms with Crippen LogP contribution in [0.15, 0.2) is 35.9 Å². The van der Waals surface area contributed by atoms with Crippen molar-refractivity contribution in [2.24, 2.45) is 5.92 Å². The number of carbonyl (C=O) groups is 1. The van der Waals surface area contributed by atoms with Crippen LogP contribution in [0.25, 0.3) is 0 Å². The zero-order valence-corrected chi connectivity index (χ0v) is 15.9. The quantitative estimate of drug-likeness (QED) is 0.719. The molecule has 3 rings (SSSR count). The van der Waals surface area contributed by atoms with Gasteiger partial charge in [-0.05, 0) is 50.3 Å². The Labute approximate surface area is 158 Å². The molecule has 0 saturated carbocycles. The van der Waals surface area contributed by atoms with Gasteiger partial charge in [-0.25, -0.2) is 0 Å². The minimum absolute atomic E-state index is 0.119. The normalized spacial score (nSPS) is 23.9. The third kappa shape index (κ3) is 4.92. The topological polar surface area (TPSA) is 23.6 Å². The molecule has 2 heterocycles. The van der Waals surface area contributed by atoms with Crippen molar-refractivity contribution in [2.75, 3.05) is 19.6 Å². The second kappa shape index (κ2) is 8.05. The van der Waals surface area contributed by atoms with Crippen LogP contribution in [0.5, 0.6) is 0 Å². The van der Waals surface area contributed by atoms with Gasteiger partial charge in [-0.15, -0.1) is 0 Å². The molecule has 3 nitrogen and oxygen atoms in total. The van der Waals surface area contributed by atoms with Gasteiger partial charge in [-0.2, -0.15) is 13.2 Å². The summed E-state index contributed by atoms with van der Waals surface area (Å²) in [5.41, 5.74) is 1.41. The second-order valence-corrected chi connectivity index (χ2v) is 7.91. The van der Waals surface area contributed by atoms with Crippen LogP contribution in [-0.4, -0.2) is 41.4 Å². The van der Waals surface area contributed by atoms with Gasteiger partial charge in [0.15, 0.2) is 0 Å². The highest BCUT2D eigenvalue weighted by Crippen LogP contribution is 2.33. The monoisotopic (exact) mass is 380 g/mol. The van der Waals surface area contributed by atoms with E-state index in [4.69, 9.17) is 0 Å². The minimum Gasteiger partial charge on any atom is -0.335 e. The number of halogens is 3. The zero-order chi connectivity index (χ0) is 19.6. The Balaban J connectivity index is 1.67. The molecule has 27 heavy (non-hydrogen) atoms. The van der Waals surface area contributed by atoms with Gasteiger partial charge in [0.2, 0.25) is 5.91 Å². The Morgan fingerprint density at radius 2 is 1.89 bits per heavy atom. The molecule has 2 aliphatic heterocycles. The van der Waals surface area contributed by atoms with E-state index >= 15 is 0 Å². The highest BCUT2D eigenvalue weighted by atomic mass is 19.4. The summed E-state index contributed by atoms with van der Waals surface area (Å²) in [6.07, 6.45) is 0.251. The van der Waals surface area contributed by atoms with E-state index in [1.807, 2.05) is 4.90 Å². The Morgan fingerprint density at radius 1 is 1.19 bits per heavy atom. The number of nitrogens with zero attached hydrogens (tertiary/aromatic N) is 2. The van der Waals surface area contributed by atoms with E-state index in [0.717, 1.165) is 50.2 Å². The molecule has 0 aliphatic carbocycles. The summed E-state index contributed by atoms with van der Waals surface area (Å²) in [5, 5.41) is 0. The summed E-state index contributed by atoms with van der Waals surface area (Å²) < 4.78 is 38.2. The molecule has 0 radical (unpaired) electrons. The van der Waals surface area contributed by atoms with Crippen molar-refractivity contribution in [2.45, 2.75) is 51.9 Å². The van der Waals surface area contributed by atoms with Gasteiger partial charge < -0.3 is 4.90 Å². The van der Waals surface area contributed by atoms with Crippen LogP contribution < -0.4 is 0 Å². The Bertz CT molecular complexity index is 692. The van der Waals surface area contributed by atoms with Crippen molar-refractivity contribution < 1.29 is 18.0 Å². The lowest BCUT2D eigenvalue weighted by molar-refractivity contribution is -0.142. The van der Waals surface area contributed by atoms with Gasteiger partial charge in [0.25, 0.3) is 0 Å². The molecule has 2 saturated heterocycles. The minimum atomic E-state index is -4.33. The van der Waals surface area contributed by atoms with Crippen LogP contribution in [0.3, 0.4) is 0 Å². The summed E-state index contributed by atoms with van der Waals surface area (Å²) >= 11 is 0. The van der Waals surface area contributed by atoms with Crippen LogP contribution in [-0.2, 0) is 17.5 Å². The van der Waals surface area contributed by atoms with Crippen molar-refractivity contribution in [1.82, 2.24) is 9.80 Å². The maximum Gasteiger partial charge on any atom is 0.416 e. The van der Waals surface area contributed by atoms with E-state index in [0.29, 0.717) is 18.9 Å². The Morgan fingerprint density at radius 3 is 2.52 bits per heavy atom. The predicted octanol–water partition coefficient (Wildman–Crippen LogP) is 4.48. The molecule has 148 valence electrons. The molecule has 1 aromatic carbocycles. The molecule has 2 fully saturated rings. The number of hydrogen-bond donors (Lipinski definition) is 0. The molecule has 0 bridgehead atoms. The Kier molecular flexibility index (Phi) is 5.94. The van der Waals surface area contributed by atoms with Gasteiger partial charge in [-0.1, -0.05) is 23.8 Å². The third-order valence-electron chi connectivity index (χ3n) is 5.62. The first-order chi connectivity index (χ1) is 12.7. The predicted molar refractivity (Wildman–Crippen MR) is 99.0 cm³/mol. The molecule has 0 N–H and O–H groups in total. The maximum atomic E-state index is 12.7. The highest BCUT2D eigenvalue weighted by Gasteiger charge is 2.39. The molecular formula is C21H27F3N2O. The zero-order valence-electron chi connectivity index (χ0n) is 15.9. The smallest absolute Gasteiger partial charge is 0.335 e. The first-order valence-corrected chi connectivity index (χ1v) is 9.55. The number of likely N-dealkylation sites (tertiary alicyclic amines) is 2. The molecule has 1 amide bonds. The molecule has 6 heteroatoms. The molecule has 0 unspecified atom stereocenters. The summed E-state index contributed by atoms with van der Waals surface area (Å²) in [7, 11) is 0. The average Bonchev–Trinajstić information content (AvgIpc) is 2.62. The maximum absolute atomic E-state index is 12.7. The summed E-state index contributed by atoms with van der Waals surface area (Å²) in [6.45, 7) is 7.45. The van der Waals surface area contributed by atoms with E-state index in [2.05, 4.69) is 24.8 Å². The van der Waals surface area contributed by atoms with E-state index in [1.54, 1.807) is 0 Å². The van der Waals surface area contributed by atoms with Gasteiger partial charge in [-0.3, -0.25) is 9.69 Å². The molecule has 2 atom stereocenters. The third-order valence-corrected chi connectivity index (χ3v) is 5.62. The van der Waals surface area contributed by atoms with E-state index in [-0.39, 0.29) is 11.9 Å². The largest absolute Gasteiger partial charge is 0.416 e. The van der Waals surface area contributed by atoms with Crippen molar-refractivity contribution in [3.63, 3.8) is 0 Å². The lowest BCUT2D eigenvalue weighted by Gasteiger charge is -2.47. The summed E-state index contributed by atoms with van der Waals surface area (Å²) in [5.74, 6) is 0.561. The van der Waals surface area contributed by atoms with Gasteiger partial charge >= 0.3 is 6.18 Å². The van der Waals surface area contributed by atoms with Crippen LogP contribution in [0, 0.1) is 5.92 Å². The summed E-state index contributed by atoms with van der Waals surface area (Å²) in [4.78, 5) is 16.8. The van der Waals surface area contributed by atoms with Gasteiger partial charge in [0, 0.05) is 38.6 Å². The average molecular weight is 380 g/mol. The van der Waals surface area contributed by atoms with E-state index < -0.39 is 11.7 Å². The molecule has 2 aliphatic rings. The van der Waals surface area contributed by atoms with Gasteiger partial charge in [0.05, 0.1) is 5.56 Å². The van der Waals surface area contributed by atoms with Crippen molar-refractivity contribution >= 4 is 5.91 Å². The number of amides is 1. The lowest BCUT2D eigenvalue weighted by atomic mass is 9.83. The summed E-state index contributed by atoms with van der Waals surface area (Å²) in [6, 6.07) is 5.37. The Hall–Kier alpha value is -1.82. The second-order valence-electron chi connectivity index (χ2n) is 7.91. The SMILES string of the molecule is CC(C)=CCN1CC[C@@H]2[C@@H](CCC(=O)N2Cc2ccc(C(F)(F)F)cc2)C1. The van der Waals surface area contributed by atoms with Crippen LogP contribution in [0.1, 0.15) is 44.2 Å². The van der Waals surface area contributed by atoms with E-state index in [1.165, 1.54) is 17.7 Å². The fourth-order valence-electron chi connectivity index (χ4n) is 4.11. The molecule has 1 aromatic rings. The fraction of sp³-hybridized carbons (Fsp3) is 0.571. The highest BCUT2D eigenvalue weighted by molar-refractivity contribution is 5.77. The van der Waals surface area contributed by atoms with Crippen LogP contribution in [0.2, 0.25) is 0 Å². The number of piperidine rings is 2. The first kappa shape index (κ1) is 19.9.